The number of hydrogen-bond acceptors (Lipinski definition) is 2. The van der Waals surface area contributed by atoms with E-state index < -0.39 is 11.4 Å². The van der Waals surface area contributed by atoms with Gasteiger partial charge >= 0.3 is 5.97 Å². The Morgan fingerprint density at radius 2 is 1.53 bits per heavy atom. The van der Waals surface area contributed by atoms with Crippen LogP contribution >= 0.6 is 0 Å². The Balaban J connectivity index is 4.73. The Hall–Kier alpha value is -0.860. The quantitative estimate of drug-likeness (QED) is 0.802. The summed E-state index contributed by atoms with van der Waals surface area (Å²) in [5, 5.41) is 8.73. The van der Waals surface area contributed by atoms with Crippen molar-refractivity contribution < 1.29 is 14.7 Å². The molecular formula is C14H26O3. The van der Waals surface area contributed by atoms with E-state index >= 15 is 0 Å². The van der Waals surface area contributed by atoms with Gasteiger partial charge in [0, 0.05) is 17.8 Å². The zero-order valence-electron chi connectivity index (χ0n) is 12.0. The van der Waals surface area contributed by atoms with Crippen LogP contribution in [0, 0.1) is 16.7 Å². The molecular weight excluding hydrogens is 216 g/mol. The average molecular weight is 242 g/mol. The topological polar surface area (TPSA) is 54.4 Å². The second-order valence-electron chi connectivity index (χ2n) is 7.01. The molecule has 0 bridgehead atoms. The van der Waals surface area contributed by atoms with E-state index in [2.05, 4.69) is 20.8 Å². The van der Waals surface area contributed by atoms with Crippen LogP contribution in [0.4, 0.5) is 0 Å². The summed E-state index contributed by atoms with van der Waals surface area (Å²) < 4.78 is 0. The molecule has 3 heteroatoms. The Morgan fingerprint density at radius 3 is 1.82 bits per heavy atom. The van der Waals surface area contributed by atoms with Crippen molar-refractivity contribution in [1.82, 2.24) is 0 Å². The third-order valence-corrected chi connectivity index (χ3v) is 2.68. The van der Waals surface area contributed by atoms with E-state index in [1.54, 1.807) is 0 Å². The first-order valence-electron chi connectivity index (χ1n) is 6.19. The van der Waals surface area contributed by atoms with Gasteiger partial charge in [0.2, 0.25) is 0 Å². The highest BCUT2D eigenvalue weighted by Gasteiger charge is 2.32. The summed E-state index contributed by atoms with van der Waals surface area (Å²) in [6.07, 6.45) is 1.27. The first-order chi connectivity index (χ1) is 7.43. The predicted molar refractivity (Wildman–Crippen MR) is 68.9 cm³/mol. The fourth-order valence-electron chi connectivity index (χ4n) is 1.98. The van der Waals surface area contributed by atoms with Gasteiger partial charge in [0.1, 0.15) is 5.78 Å². The molecule has 0 aliphatic rings. The highest BCUT2D eigenvalue weighted by molar-refractivity contribution is 5.86. The van der Waals surface area contributed by atoms with Crippen molar-refractivity contribution >= 4 is 11.8 Å². The van der Waals surface area contributed by atoms with Gasteiger partial charge in [-0.15, -0.1) is 0 Å². The molecule has 100 valence electrons. The number of ketones is 1. The molecule has 0 saturated carbocycles. The third kappa shape index (κ3) is 7.14. The van der Waals surface area contributed by atoms with Crippen LogP contribution in [0.25, 0.3) is 0 Å². The van der Waals surface area contributed by atoms with E-state index in [1.807, 2.05) is 20.8 Å². The Morgan fingerprint density at radius 1 is 1.06 bits per heavy atom. The van der Waals surface area contributed by atoms with Gasteiger partial charge in [-0.05, 0) is 18.3 Å². The van der Waals surface area contributed by atoms with Gasteiger partial charge in [-0.2, -0.15) is 0 Å². The van der Waals surface area contributed by atoms with E-state index in [-0.39, 0.29) is 23.5 Å². The maximum atomic E-state index is 12.3. The molecule has 1 N–H and O–H groups in total. The van der Waals surface area contributed by atoms with Crippen molar-refractivity contribution in [2.75, 3.05) is 0 Å². The number of aliphatic carboxylic acids is 1. The molecule has 0 aliphatic heterocycles. The lowest BCUT2D eigenvalue weighted by Crippen LogP contribution is -2.31. The summed E-state index contributed by atoms with van der Waals surface area (Å²) in [7, 11) is 0. The van der Waals surface area contributed by atoms with E-state index in [9.17, 15) is 9.59 Å². The second-order valence-corrected chi connectivity index (χ2v) is 7.01. The number of carboxylic acids is 1. The fraction of sp³-hybridized carbons (Fsp3) is 0.857. The molecule has 17 heavy (non-hydrogen) atoms. The molecule has 0 amide bonds. The minimum Gasteiger partial charge on any atom is -0.481 e. The van der Waals surface area contributed by atoms with Gasteiger partial charge in [-0.3, -0.25) is 9.59 Å². The summed E-state index contributed by atoms with van der Waals surface area (Å²) >= 11 is 0. The van der Waals surface area contributed by atoms with Crippen LogP contribution < -0.4 is 0 Å². The molecule has 0 aromatic rings. The molecule has 0 saturated heterocycles. The van der Waals surface area contributed by atoms with Crippen molar-refractivity contribution in [2.24, 2.45) is 16.7 Å². The van der Waals surface area contributed by atoms with E-state index in [0.29, 0.717) is 6.42 Å². The lowest BCUT2D eigenvalue weighted by atomic mass is 9.74. The molecule has 0 aromatic heterocycles. The van der Waals surface area contributed by atoms with Gasteiger partial charge in [-0.25, -0.2) is 0 Å². The smallest absolute Gasteiger partial charge is 0.303 e. The largest absolute Gasteiger partial charge is 0.481 e. The Kier molecular flexibility index (Phi) is 5.37. The van der Waals surface area contributed by atoms with Gasteiger partial charge in [0.05, 0.1) is 0 Å². The van der Waals surface area contributed by atoms with Gasteiger partial charge in [0.25, 0.3) is 0 Å². The van der Waals surface area contributed by atoms with Crippen molar-refractivity contribution in [3.8, 4) is 0 Å². The highest BCUT2D eigenvalue weighted by atomic mass is 16.4. The molecule has 3 nitrogen and oxygen atoms in total. The normalized spacial score (nSPS) is 14.5. The minimum absolute atomic E-state index is 0.0457. The average Bonchev–Trinajstić information content (AvgIpc) is 2.07. The fourth-order valence-corrected chi connectivity index (χ4v) is 1.98. The Labute approximate surface area is 105 Å². The predicted octanol–water partition coefficient (Wildman–Crippen LogP) is 3.52. The monoisotopic (exact) mass is 242 g/mol. The minimum atomic E-state index is -0.828. The summed E-state index contributed by atoms with van der Waals surface area (Å²) in [6.45, 7) is 11.9. The van der Waals surface area contributed by atoms with Crippen LogP contribution in [0.3, 0.4) is 0 Å². The van der Waals surface area contributed by atoms with E-state index in [0.717, 1.165) is 6.42 Å². The molecule has 1 atom stereocenters. The van der Waals surface area contributed by atoms with Crippen LogP contribution in [0.5, 0.6) is 0 Å². The Bertz CT molecular complexity index is 279. The van der Waals surface area contributed by atoms with Crippen LogP contribution in [0.1, 0.15) is 60.8 Å². The van der Waals surface area contributed by atoms with Gasteiger partial charge < -0.3 is 5.11 Å². The third-order valence-electron chi connectivity index (χ3n) is 2.68. The second kappa shape index (κ2) is 5.65. The molecule has 0 heterocycles. The van der Waals surface area contributed by atoms with Crippen molar-refractivity contribution in [3.63, 3.8) is 0 Å². The lowest BCUT2D eigenvalue weighted by molar-refractivity contribution is -0.138. The van der Waals surface area contributed by atoms with Crippen molar-refractivity contribution in [1.29, 1.82) is 0 Å². The lowest BCUT2D eigenvalue weighted by Gasteiger charge is -2.29. The van der Waals surface area contributed by atoms with Gasteiger partial charge in [0.15, 0.2) is 0 Å². The van der Waals surface area contributed by atoms with Gasteiger partial charge in [-0.1, -0.05) is 41.5 Å². The van der Waals surface area contributed by atoms with Crippen LogP contribution in [-0.2, 0) is 9.59 Å². The molecule has 0 aliphatic carbocycles. The van der Waals surface area contributed by atoms with Crippen LogP contribution in [-0.4, -0.2) is 16.9 Å². The highest BCUT2D eigenvalue weighted by Crippen LogP contribution is 2.32. The van der Waals surface area contributed by atoms with Crippen molar-refractivity contribution in [2.45, 2.75) is 60.8 Å². The number of carboxylic acid groups (broad SMARTS) is 1. The number of carbonyl (C=O) groups is 2. The zero-order chi connectivity index (χ0) is 13.9. The summed E-state index contributed by atoms with van der Waals surface area (Å²) in [4.78, 5) is 22.9. The van der Waals surface area contributed by atoms with E-state index in [1.165, 1.54) is 0 Å². The number of carbonyl (C=O) groups excluding carboxylic acids is 1. The number of rotatable bonds is 5. The zero-order valence-corrected chi connectivity index (χ0v) is 12.0. The van der Waals surface area contributed by atoms with Crippen molar-refractivity contribution in [3.05, 3.63) is 0 Å². The maximum absolute atomic E-state index is 12.3. The molecule has 0 spiro atoms. The first kappa shape index (κ1) is 16.1. The molecule has 0 fully saturated rings. The molecule has 0 unspecified atom stereocenters. The number of Topliss-reactive ketones (excluding diaryl/α,β-unsaturated/α-hetero) is 1. The SMILES string of the molecule is CC(C)(C)C[C@@H](CCC(=O)O)C(=O)C(C)(C)C. The molecule has 0 aromatic carbocycles. The summed E-state index contributed by atoms with van der Waals surface area (Å²) in [5.74, 6) is -0.801. The standard InChI is InChI=1S/C14H26O3/c1-13(2,3)9-10(7-8-11(15)16)12(17)14(4,5)6/h10H,7-9H2,1-6H3,(H,15,16)/t10-/m1/s1. The first-order valence-corrected chi connectivity index (χ1v) is 6.19. The van der Waals surface area contributed by atoms with E-state index in [4.69, 9.17) is 5.11 Å². The summed E-state index contributed by atoms with van der Waals surface area (Å²) in [6, 6.07) is 0. The molecule has 0 radical (unpaired) electrons. The number of hydrogen-bond donors (Lipinski definition) is 1. The molecule has 0 rings (SSSR count). The summed E-state index contributed by atoms with van der Waals surface area (Å²) in [5.41, 5.74) is -0.349. The van der Waals surface area contributed by atoms with Crippen LogP contribution in [0.15, 0.2) is 0 Å². The maximum Gasteiger partial charge on any atom is 0.303 e. The van der Waals surface area contributed by atoms with Crippen LogP contribution in [0.2, 0.25) is 0 Å².